The molecule has 0 unspecified atom stereocenters. The van der Waals surface area contributed by atoms with Gasteiger partial charge in [-0.1, -0.05) is 36.4 Å². The lowest BCUT2D eigenvalue weighted by Crippen LogP contribution is -2.45. The average molecular weight is 513 g/mol. The van der Waals surface area contributed by atoms with E-state index in [9.17, 15) is 14.7 Å². The third-order valence-electron chi connectivity index (χ3n) is 6.65. The zero-order valence-electron chi connectivity index (χ0n) is 21.9. The van der Waals surface area contributed by atoms with Gasteiger partial charge >= 0.3 is 5.97 Å². The van der Waals surface area contributed by atoms with Crippen molar-refractivity contribution in [2.24, 2.45) is 0 Å². The van der Waals surface area contributed by atoms with Crippen molar-refractivity contribution >= 4 is 17.7 Å². The number of carboxylic acids is 1. The van der Waals surface area contributed by atoms with Gasteiger partial charge in [-0.25, -0.2) is 9.78 Å². The SMILES string of the molecule is COCCN(CCCCc1ccc2c(n1)NCCC2)CC[C@H](NC(=O)[C@H](OC)c1ccccc1)C(=O)O. The van der Waals surface area contributed by atoms with E-state index < -0.39 is 24.0 Å². The van der Waals surface area contributed by atoms with Crippen molar-refractivity contribution in [1.29, 1.82) is 0 Å². The second-order valence-corrected chi connectivity index (χ2v) is 9.35. The standard InChI is InChI=1S/C28H40N4O5/c1-36-20-19-32(17-7-6-12-23-14-13-22-11-8-16-29-26(22)30-23)18-15-24(28(34)35)31-27(33)25(37-2)21-9-4-3-5-10-21/h3-5,9-10,13-14,24-25H,6-8,11-12,15-20H2,1-2H3,(H,29,30)(H,31,33)(H,34,35)/t24-,25+/m0/s1. The van der Waals surface area contributed by atoms with Gasteiger partial charge in [0.15, 0.2) is 6.10 Å². The van der Waals surface area contributed by atoms with Crippen LogP contribution in [0.25, 0.3) is 0 Å². The summed E-state index contributed by atoms with van der Waals surface area (Å²) in [7, 11) is 3.10. The Balaban J connectivity index is 1.49. The average Bonchev–Trinajstić information content (AvgIpc) is 2.92. The van der Waals surface area contributed by atoms with E-state index in [1.165, 1.54) is 12.7 Å². The topological polar surface area (TPSA) is 113 Å². The van der Waals surface area contributed by atoms with Crippen molar-refractivity contribution < 1.29 is 24.2 Å². The maximum atomic E-state index is 12.8. The minimum atomic E-state index is -1.06. The first-order chi connectivity index (χ1) is 18.0. The molecule has 1 aromatic heterocycles. The normalized spacial score (nSPS) is 14.5. The number of benzene rings is 1. The fourth-order valence-electron chi connectivity index (χ4n) is 4.54. The van der Waals surface area contributed by atoms with E-state index in [0.717, 1.165) is 56.7 Å². The molecule has 0 bridgehead atoms. The van der Waals surface area contributed by atoms with Gasteiger partial charge in [-0.3, -0.25) is 4.79 Å². The molecule has 37 heavy (non-hydrogen) atoms. The fourth-order valence-corrected chi connectivity index (χ4v) is 4.54. The minimum Gasteiger partial charge on any atom is -0.480 e. The predicted molar refractivity (Wildman–Crippen MR) is 143 cm³/mol. The number of amides is 1. The van der Waals surface area contributed by atoms with Gasteiger partial charge in [0.2, 0.25) is 0 Å². The molecule has 1 aliphatic rings. The third-order valence-corrected chi connectivity index (χ3v) is 6.65. The lowest BCUT2D eigenvalue weighted by atomic mass is 10.1. The van der Waals surface area contributed by atoms with Crippen molar-refractivity contribution in [3.8, 4) is 0 Å². The largest absolute Gasteiger partial charge is 0.480 e. The van der Waals surface area contributed by atoms with E-state index in [1.807, 2.05) is 18.2 Å². The molecule has 0 aliphatic carbocycles. The van der Waals surface area contributed by atoms with Gasteiger partial charge in [-0.15, -0.1) is 0 Å². The van der Waals surface area contributed by atoms with Gasteiger partial charge in [-0.2, -0.15) is 0 Å². The van der Waals surface area contributed by atoms with Gasteiger partial charge < -0.3 is 30.1 Å². The highest BCUT2D eigenvalue weighted by molar-refractivity contribution is 5.87. The second kappa shape index (κ2) is 15.3. The van der Waals surface area contributed by atoms with Gasteiger partial charge in [0.05, 0.1) is 6.61 Å². The highest BCUT2D eigenvalue weighted by atomic mass is 16.5. The van der Waals surface area contributed by atoms with Crippen LogP contribution in [0.3, 0.4) is 0 Å². The van der Waals surface area contributed by atoms with Crippen LogP contribution in [-0.4, -0.2) is 79.9 Å². The van der Waals surface area contributed by atoms with Crippen LogP contribution in [0.4, 0.5) is 5.82 Å². The Morgan fingerprint density at radius 3 is 2.65 bits per heavy atom. The van der Waals surface area contributed by atoms with Crippen LogP contribution in [0.15, 0.2) is 42.5 Å². The molecule has 0 fully saturated rings. The predicted octanol–water partition coefficient (Wildman–Crippen LogP) is 3.06. The molecule has 3 rings (SSSR count). The van der Waals surface area contributed by atoms with Crippen LogP contribution in [0, 0.1) is 0 Å². The number of fused-ring (bicyclic) bond motifs is 1. The van der Waals surface area contributed by atoms with Crippen LogP contribution in [-0.2, 0) is 31.9 Å². The Morgan fingerprint density at radius 2 is 1.92 bits per heavy atom. The molecule has 202 valence electrons. The Bertz CT molecular complexity index is 988. The minimum absolute atomic E-state index is 0.286. The number of carbonyl (C=O) groups excluding carboxylic acids is 1. The highest BCUT2D eigenvalue weighted by Crippen LogP contribution is 2.20. The van der Waals surface area contributed by atoms with Crippen LogP contribution in [0.1, 0.15) is 48.6 Å². The van der Waals surface area contributed by atoms with Gasteiger partial charge in [-0.05, 0) is 62.3 Å². The summed E-state index contributed by atoms with van der Waals surface area (Å²) >= 11 is 0. The number of carboxylic acid groups (broad SMARTS) is 1. The maximum Gasteiger partial charge on any atom is 0.326 e. The number of carbonyl (C=O) groups is 2. The lowest BCUT2D eigenvalue weighted by Gasteiger charge is -2.25. The van der Waals surface area contributed by atoms with Crippen molar-refractivity contribution in [2.75, 3.05) is 52.3 Å². The number of hydrogen-bond donors (Lipinski definition) is 3. The number of ether oxygens (including phenoxy) is 2. The molecule has 2 heterocycles. The molecule has 9 nitrogen and oxygen atoms in total. The quantitative estimate of drug-likeness (QED) is 0.294. The van der Waals surface area contributed by atoms with Gasteiger partial charge in [0.1, 0.15) is 11.9 Å². The maximum absolute atomic E-state index is 12.8. The van der Waals surface area contributed by atoms with Crippen LogP contribution < -0.4 is 10.6 Å². The number of hydrogen-bond acceptors (Lipinski definition) is 7. The van der Waals surface area contributed by atoms with Crippen LogP contribution in [0.5, 0.6) is 0 Å². The number of aromatic nitrogens is 1. The number of nitrogens with one attached hydrogen (secondary N) is 2. The molecule has 9 heteroatoms. The summed E-state index contributed by atoms with van der Waals surface area (Å²) in [5.41, 5.74) is 3.07. The summed E-state index contributed by atoms with van der Waals surface area (Å²) in [6.07, 6.45) is 4.51. The molecule has 1 aromatic carbocycles. The summed E-state index contributed by atoms with van der Waals surface area (Å²) in [5.74, 6) is -0.498. The smallest absolute Gasteiger partial charge is 0.326 e. The van der Waals surface area contributed by atoms with E-state index in [4.69, 9.17) is 14.5 Å². The number of anilines is 1. The van der Waals surface area contributed by atoms with Crippen molar-refractivity contribution in [3.63, 3.8) is 0 Å². The summed E-state index contributed by atoms with van der Waals surface area (Å²) in [5, 5.41) is 15.8. The number of aryl methyl sites for hydroxylation is 2. The first kappa shape index (κ1) is 28.6. The van der Waals surface area contributed by atoms with E-state index in [-0.39, 0.29) is 6.42 Å². The number of methoxy groups -OCH3 is 2. The number of nitrogens with zero attached hydrogens (tertiary/aromatic N) is 2. The molecule has 3 N–H and O–H groups in total. The number of aliphatic carboxylic acids is 1. The molecule has 0 spiro atoms. The molecule has 0 saturated carbocycles. The first-order valence-electron chi connectivity index (χ1n) is 13.1. The summed E-state index contributed by atoms with van der Waals surface area (Å²) in [6, 6.07) is 12.3. The molecule has 2 atom stereocenters. The Kier molecular flexibility index (Phi) is 11.8. The Hall–Kier alpha value is -3.01. The van der Waals surface area contributed by atoms with E-state index in [0.29, 0.717) is 25.3 Å². The Labute approximate surface area is 219 Å². The van der Waals surface area contributed by atoms with Crippen molar-refractivity contribution in [1.82, 2.24) is 15.2 Å². The zero-order chi connectivity index (χ0) is 26.5. The van der Waals surface area contributed by atoms with Crippen molar-refractivity contribution in [2.45, 2.75) is 50.7 Å². The first-order valence-corrected chi connectivity index (χ1v) is 13.1. The molecular formula is C28H40N4O5. The van der Waals surface area contributed by atoms with Gasteiger partial charge in [0, 0.05) is 39.5 Å². The Morgan fingerprint density at radius 1 is 1.11 bits per heavy atom. The van der Waals surface area contributed by atoms with Crippen molar-refractivity contribution in [3.05, 3.63) is 59.3 Å². The molecule has 1 amide bonds. The fraction of sp³-hybridized carbons (Fsp3) is 0.536. The number of pyridine rings is 1. The van der Waals surface area contributed by atoms with E-state index >= 15 is 0 Å². The summed E-state index contributed by atoms with van der Waals surface area (Å²) in [4.78, 5) is 31.7. The summed E-state index contributed by atoms with van der Waals surface area (Å²) in [6.45, 7) is 3.58. The van der Waals surface area contributed by atoms with E-state index in [1.54, 1.807) is 19.2 Å². The highest BCUT2D eigenvalue weighted by Gasteiger charge is 2.26. The molecule has 0 radical (unpaired) electrons. The second-order valence-electron chi connectivity index (χ2n) is 9.35. The van der Waals surface area contributed by atoms with Crippen LogP contribution >= 0.6 is 0 Å². The van der Waals surface area contributed by atoms with E-state index in [2.05, 4.69) is 27.7 Å². The molecule has 2 aromatic rings. The summed E-state index contributed by atoms with van der Waals surface area (Å²) < 4.78 is 10.6. The number of rotatable bonds is 16. The monoisotopic (exact) mass is 512 g/mol. The lowest BCUT2D eigenvalue weighted by molar-refractivity contribution is -0.144. The number of unbranched alkanes of at least 4 members (excludes halogenated alkanes) is 1. The van der Waals surface area contributed by atoms with Gasteiger partial charge in [0.25, 0.3) is 5.91 Å². The van der Waals surface area contributed by atoms with Crippen LogP contribution in [0.2, 0.25) is 0 Å². The molecular weight excluding hydrogens is 472 g/mol. The molecule has 1 aliphatic heterocycles. The zero-order valence-corrected chi connectivity index (χ0v) is 21.9. The third kappa shape index (κ3) is 9.10. The molecule has 0 saturated heterocycles.